The third kappa shape index (κ3) is 3.66. The van der Waals surface area contributed by atoms with Gasteiger partial charge in [-0.15, -0.1) is 11.8 Å². The van der Waals surface area contributed by atoms with Gasteiger partial charge < -0.3 is 4.42 Å². The predicted molar refractivity (Wildman–Crippen MR) is 81.2 cm³/mol. The Balaban J connectivity index is 2.02. The molecule has 2 rings (SSSR count). The molecule has 0 aliphatic carbocycles. The van der Waals surface area contributed by atoms with Crippen molar-refractivity contribution < 1.29 is 14.0 Å². The Bertz CT molecular complexity index is 652. The van der Waals surface area contributed by atoms with Crippen LogP contribution in [0.1, 0.15) is 33.4 Å². The fraction of sp³-hybridized carbons (Fsp3) is 0.200. The van der Waals surface area contributed by atoms with Crippen LogP contribution in [0.4, 0.5) is 0 Å². The minimum atomic E-state index is -0.407. The highest BCUT2D eigenvalue weighted by molar-refractivity contribution is 7.99. The molecule has 2 amide bonds. The average molecular weight is 304 g/mol. The molecule has 0 aliphatic heterocycles. The molecule has 1 aromatic carbocycles. The van der Waals surface area contributed by atoms with Gasteiger partial charge in [0.1, 0.15) is 5.76 Å². The van der Waals surface area contributed by atoms with Gasteiger partial charge in [-0.25, -0.2) is 0 Å². The predicted octanol–water partition coefficient (Wildman–Crippen LogP) is 2.77. The van der Waals surface area contributed by atoms with Gasteiger partial charge in [-0.05, 0) is 30.9 Å². The quantitative estimate of drug-likeness (QED) is 0.673. The number of benzene rings is 1. The van der Waals surface area contributed by atoms with Crippen molar-refractivity contribution in [3.63, 3.8) is 0 Å². The van der Waals surface area contributed by atoms with E-state index in [4.69, 9.17) is 4.42 Å². The number of furan rings is 1. The highest BCUT2D eigenvalue weighted by atomic mass is 32.2. The summed E-state index contributed by atoms with van der Waals surface area (Å²) in [6.45, 7) is 3.70. The van der Waals surface area contributed by atoms with E-state index in [1.807, 2.05) is 19.1 Å². The maximum Gasteiger partial charge on any atom is 0.273 e. The van der Waals surface area contributed by atoms with Gasteiger partial charge in [0, 0.05) is 4.90 Å². The summed E-state index contributed by atoms with van der Waals surface area (Å²) in [4.78, 5) is 24.9. The highest BCUT2D eigenvalue weighted by Crippen LogP contribution is 2.21. The van der Waals surface area contributed by atoms with Crippen molar-refractivity contribution in [1.82, 2.24) is 10.9 Å². The number of carbonyl (C=O) groups is 2. The molecule has 0 unspecified atom stereocenters. The molecule has 5 nitrogen and oxygen atoms in total. The van der Waals surface area contributed by atoms with Crippen molar-refractivity contribution >= 4 is 23.6 Å². The van der Waals surface area contributed by atoms with Gasteiger partial charge in [0.05, 0.1) is 17.4 Å². The summed E-state index contributed by atoms with van der Waals surface area (Å²) >= 11 is 1.58. The van der Waals surface area contributed by atoms with Crippen molar-refractivity contribution in [2.45, 2.75) is 18.7 Å². The van der Waals surface area contributed by atoms with E-state index in [0.717, 1.165) is 10.6 Å². The van der Waals surface area contributed by atoms with Crippen LogP contribution in [0.3, 0.4) is 0 Å². The second-order valence-electron chi connectivity index (χ2n) is 4.23. The van der Waals surface area contributed by atoms with Crippen LogP contribution < -0.4 is 10.9 Å². The first-order valence-electron chi connectivity index (χ1n) is 6.50. The van der Waals surface area contributed by atoms with Crippen molar-refractivity contribution in [3.05, 3.63) is 53.5 Å². The van der Waals surface area contributed by atoms with Crippen LogP contribution in [0.15, 0.2) is 45.9 Å². The zero-order chi connectivity index (χ0) is 15.2. The summed E-state index contributed by atoms with van der Waals surface area (Å²) in [5.74, 6) is 0.616. The van der Waals surface area contributed by atoms with Crippen LogP contribution in [0, 0.1) is 6.92 Å². The normalized spacial score (nSPS) is 10.2. The number of carbonyl (C=O) groups excluding carboxylic acids is 2. The highest BCUT2D eigenvalue weighted by Gasteiger charge is 2.14. The summed E-state index contributed by atoms with van der Waals surface area (Å²) in [6.07, 6.45) is 1.43. The summed E-state index contributed by atoms with van der Waals surface area (Å²) in [5.41, 5.74) is 5.74. The van der Waals surface area contributed by atoms with Crippen molar-refractivity contribution in [1.29, 1.82) is 0 Å². The van der Waals surface area contributed by atoms with Crippen molar-refractivity contribution in [2.24, 2.45) is 0 Å². The Morgan fingerprint density at radius 2 is 1.76 bits per heavy atom. The van der Waals surface area contributed by atoms with Crippen LogP contribution in [-0.4, -0.2) is 17.6 Å². The number of aryl methyl sites for hydroxylation is 1. The first-order chi connectivity index (χ1) is 10.1. The van der Waals surface area contributed by atoms with E-state index in [1.165, 1.54) is 6.26 Å². The lowest BCUT2D eigenvalue weighted by molar-refractivity contribution is 0.0844. The number of hydrogen-bond donors (Lipinski definition) is 2. The van der Waals surface area contributed by atoms with Crippen LogP contribution in [-0.2, 0) is 0 Å². The topological polar surface area (TPSA) is 71.3 Å². The zero-order valence-electron chi connectivity index (χ0n) is 11.8. The van der Waals surface area contributed by atoms with Crippen molar-refractivity contribution in [2.75, 3.05) is 5.75 Å². The monoisotopic (exact) mass is 304 g/mol. The standard InChI is InChI=1S/C15H16N2O3S/c1-3-21-13-7-5-4-6-12(13)15(19)17-16-14(18)11-8-9-20-10(11)2/h4-9H,3H2,1-2H3,(H,16,18)(H,17,19). The average Bonchev–Trinajstić information content (AvgIpc) is 2.91. The van der Waals surface area contributed by atoms with Crippen LogP contribution in [0.5, 0.6) is 0 Å². The van der Waals surface area contributed by atoms with Crippen LogP contribution in [0.2, 0.25) is 0 Å². The van der Waals surface area contributed by atoms with Gasteiger partial charge >= 0.3 is 0 Å². The molecule has 0 spiro atoms. The molecular formula is C15H16N2O3S. The van der Waals surface area contributed by atoms with Crippen LogP contribution >= 0.6 is 11.8 Å². The summed E-state index contributed by atoms with van der Waals surface area (Å²) in [6, 6.07) is 8.82. The lowest BCUT2D eigenvalue weighted by Crippen LogP contribution is -2.41. The third-order valence-electron chi connectivity index (χ3n) is 2.82. The number of hydrazine groups is 1. The Kier molecular flexibility index (Phi) is 5.05. The third-order valence-corrected chi connectivity index (χ3v) is 3.78. The second-order valence-corrected chi connectivity index (χ2v) is 5.53. The summed E-state index contributed by atoms with van der Waals surface area (Å²) < 4.78 is 5.05. The molecule has 0 fully saturated rings. The molecule has 0 atom stereocenters. The zero-order valence-corrected chi connectivity index (χ0v) is 12.6. The first kappa shape index (κ1) is 15.2. The van der Waals surface area contributed by atoms with Crippen molar-refractivity contribution in [3.8, 4) is 0 Å². The van der Waals surface area contributed by atoms with E-state index in [1.54, 1.807) is 36.9 Å². The summed E-state index contributed by atoms with van der Waals surface area (Å²) in [7, 11) is 0. The Morgan fingerprint density at radius 3 is 2.38 bits per heavy atom. The molecule has 0 saturated heterocycles. The Hall–Kier alpha value is -2.21. The van der Waals surface area contributed by atoms with E-state index in [-0.39, 0.29) is 5.91 Å². The molecule has 2 N–H and O–H groups in total. The van der Waals surface area contributed by atoms with E-state index in [9.17, 15) is 9.59 Å². The fourth-order valence-corrected chi connectivity index (χ4v) is 2.61. The van der Waals surface area contributed by atoms with E-state index < -0.39 is 5.91 Å². The lowest BCUT2D eigenvalue weighted by atomic mass is 10.2. The minimum Gasteiger partial charge on any atom is -0.469 e. The van der Waals surface area contributed by atoms with E-state index >= 15 is 0 Å². The Morgan fingerprint density at radius 1 is 1.10 bits per heavy atom. The van der Waals surface area contributed by atoms with Crippen LogP contribution in [0.25, 0.3) is 0 Å². The molecular weight excluding hydrogens is 288 g/mol. The SMILES string of the molecule is CCSc1ccccc1C(=O)NNC(=O)c1ccoc1C. The molecule has 0 bridgehead atoms. The van der Waals surface area contributed by atoms with E-state index in [2.05, 4.69) is 10.9 Å². The van der Waals surface area contributed by atoms with Gasteiger partial charge in [0.2, 0.25) is 0 Å². The number of nitrogens with one attached hydrogen (secondary N) is 2. The fourth-order valence-electron chi connectivity index (χ4n) is 1.80. The molecule has 6 heteroatoms. The molecule has 1 heterocycles. The lowest BCUT2D eigenvalue weighted by Gasteiger charge is -2.10. The van der Waals surface area contributed by atoms with Gasteiger partial charge in [-0.1, -0.05) is 19.1 Å². The summed E-state index contributed by atoms with van der Waals surface area (Å²) in [5, 5.41) is 0. The largest absolute Gasteiger partial charge is 0.469 e. The smallest absolute Gasteiger partial charge is 0.273 e. The molecule has 110 valence electrons. The number of hydrogen-bond acceptors (Lipinski definition) is 4. The van der Waals surface area contributed by atoms with E-state index in [0.29, 0.717) is 16.9 Å². The molecule has 21 heavy (non-hydrogen) atoms. The molecule has 0 saturated carbocycles. The minimum absolute atomic E-state index is 0.346. The molecule has 0 aliphatic rings. The van der Waals surface area contributed by atoms with Gasteiger partial charge in [0.25, 0.3) is 11.8 Å². The van der Waals surface area contributed by atoms with Gasteiger partial charge in [-0.3, -0.25) is 20.4 Å². The Labute approximate surface area is 127 Å². The maximum atomic E-state index is 12.1. The molecule has 0 radical (unpaired) electrons. The maximum absolute atomic E-state index is 12.1. The molecule has 2 aromatic rings. The van der Waals surface area contributed by atoms with Gasteiger partial charge in [-0.2, -0.15) is 0 Å². The first-order valence-corrected chi connectivity index (χ1v) is 7.48. The number of amides is 2. The number of thioether (sulfide) groups is 1. The number of rotatable bonds is 4. The molecule has 1 aromatic heterocycles. The van der Waals surface area contributed by atoms with Gasteiger partial charge in [0.15, 0.2) is 0 Å². The second kappa shape index (κ2) is 6.99.